The minimum absolute atomic E-state index is 0.0369. The Kier molecular flexibility index (Phi) is 6.28. The maximum absolute atomic E-state index is 13.0. The molecule has 0 bridgehead atoms. The third kappa shape index (κ3) is 4.17. The monoisotopic (exact) mass is 388 g/mol. The number of urea groups is 1. The fraction of sp³-hybridized carbons (Fsp3) is 0.636. The highest BCUT2D eigenvalue weighted by Gasteiger charge is 2.50. The van der Waals surface area contributed by atoms with E-state index in [0.717, 1.165) is 48.1 Å². The molecule has 154 valence electrons. The first-order valence-corrected chi connectivity index (χ1v) is 10.4. The van der Waals surface area contributed by atoms with Gasteiger partial charge in [-0.15, -0.1) is 0 Å². The lowest BCUT2D eigenvalue weighted by Crippen LogP contribution is -2.48. The van der Waals surface area contributed by atoms with Crippen LogP contribution in [0.15, 0.2) is 12.1 Å². The van der Waals surface area contributed by atoms with Crippen molar-refractivity contribution in [3.8, 4) is 5.75 Å². The van der Waals surface area contributed by atoms with E-state index in [9.17, 15) is 14.7 Å². The summed E-state index contributed by atoms with van der Waals surface area (Å²) in [7, 11) is 0. The average molecular weight is 389 g/mol. The van der Waals surface area contributed by atoms with E-state index in [-0.39, 0.29) is 19.1 Å². The van der Waals surface area contributed by atoms with Gasteiger partial charge < -0.3 is 15.2 Å². The fourth-order valence-electron chi connectivity index (χ4n) is 4.28. The van der Waals surface area contributed by atoms with Crippen LogP contribution in [0.2, 0.25) is 0 Å². The van der Waals surface area contributed by atoms with E-state index in [1.807, 2.05) is 32.9 Å². The number of rotatable bonds is 5. The first-order valence-electron chi connectivity index (χ1n) is 10.4. The van der Waals surface area contributed by atoms with Crippen LogP contribution >= 0.6 is 0 Å². The Morgan fingerprint density at radius 1 is 1.07 bits per heavy atom. The smallest absolute Gasteiger partial charge is 0.325 e. The van der Waals surface area contributed by atoms with Crippen molar-refractivity contribution in [3.05, 3.63) is 28.8 Å². The molecule has 1 saturated carbocycles. The van der Waals surface area contributed by atoms with Gasteiger partial charge in [-0.3, -0.25) is 9.69 Å². The lowest BCUT2D eigenvalue weighted by atomic mass is 9.84. The molecular formula is C22H32N2O4. The van der Waals surface area contributed by atoms with Crippen molar-refractivity contribution in [1.29, 1.82) is 0 Å². The Balaban J connectivity index is 1.62. The predicted octanol–water partition coefficient (Wildman–Crippen LogP) is 3.39. The normalized spacial score (nSPS) is 20.6. The SMILES string of the molecule is Cc1ccc(C)c(OCC(O)CN2C(=O)NC3(CCCCCCC3)C2=O)c1C. The summed E-state index contributed by atoms with van der Waals surface area (Å²) in [5.74, 6) is 0.564. The van der Waals surface area contributed by atoms with Crippen molar-refractivity contribution in [1.82, 2.24) is 10.2 Å². The lowest BCUT2D eigenvalue weighted by Gasteiger charge is -2.28. The minimum Gasteiger partial charge on any atom is -0.490 e. The molecule has 2 aliphatic rings. The van der Waals surface area contributed by atoms with Crippen LogP contribution in [0.4, 0.5) is 4.79 Å². The van der Waals surface area contributed by atoms with Gasteiger partial charge in [0.25, 0.3) is 5.91 Å². The van der Waals surface area contributed by atoms with Crippen molar-refractivity contribution in [3.63, 3.8) is 0 Å². The van der Waals surface area contributed by atoms with Crippen LogP contribution in [0, 0.1) is 20.8 Å². The van der Waals surface area contributed by atoms with E-state index in [0.29, 0.717) is 12.8 Å². The summed E-state index contributed by atoms with van der Waals surface area (Å²) in [5, 5.41) is 13.4. The number of aryl methyl sites for hydroxylation is 2. The molecule has 2 fully saturated rings. The van der Waals surface area contributed by atoms with E-state index in [1.165, 1.54) is 11.3 Å². The molecule has 0 aromatic heterocycles. The number of β-amino-alcohol motifs (C(OH)–C–C–N with tert-alkyl or cyclic N) is 1. The maximum atomic E-state index is 13.0. The molecule has 0 radical (unpaired) electrons. The lowest BCUT2D eigenvalue weighted by molar-refractivity contribution is -0.133. The van der Waals surface area contributed by atoms with Gasteiger partial charge in [0.15, 0.2) is 0 Å². The summed E-state index contributed by atoms with van der Waals surface area (Å²) >= 11 is 0. The number of carbonyl (C=O) groups excluding carboxylic acids is 2. The summed E-state index contributed by atoms with van der Waals surface area (Å²) in [6, 6.07) is 3.63. The molecule has 3 amide bonds. The third-order valence-electron chi connectivity index (χ3n) is 6.14. The van der Waals surface area contributed by atoms with E-state index < -0.39 is 17.7 Å². The predicted molar refractivity (Wildman–Crippen MR) is 107 cm³/mol. The van der Waals surface area contributed by atoms with Gasteiger partial charge in [-0.05, 0) is 50.3 Å². The highest BCUT2D eigenvalue weighted by Crippen LogP contribution is 2.32. The molecule has 6 heteroatoms. The third-order valence-corrected chi connectivity index (χ3v) is 6.14. The number of aliphatic hydroxyl groups excluding tert-OH is 1. The number of hydrogen-bond acceptors (Lipinski definition) is 4. The van der Waals surface area contributed by atoms with E-state index in [1.54, 1.807) is 0 Å². The van der Waals surface area contributed by atoms with E-state index in [4.69, 9.17) is 4.74 Å². The van der Waals surface area contributed by atoms with Gasteiger partial charge in [-0.1, -0.05) is 44.2 Å². The zero-order valence-electron chi connectivity index (χ0n) is 17.2. The van der Waals surface area contributed by atoms with Crippen molar-refractivity contribution < 1.29 is 19.4 Å². The van der Waals surface area contributed by atoms with Crippen LogP contribution in [0.3, 0.4) is 0 Å². The van der Waals surface area contributed by atoms with E-state index >= 15 is 0 Å². The van der Waals surface area contributed by atoms with Crippen LogP contribution in [0.1, 0.15) is 61.6 Å². The van der Waals surface area contributed by atoms with Crippen molar-refractivity contribution >= 4 is 11.9 Å². The largest absolute Gasteiger partial charge is 0.490 e. The second-order valence-corrected chi connectivity index (χ2v) is 8.31. The molecular weight excluding hydrogens is 356 g/mol. The van der Waals surface area contributed by atoms with Gasteiger partial charge in [0.1, 0.15) is 24.0 Å². The average Bonchev–Trinajstić information content (AvgIpc) is 2.86. The summed E-state index contributed by atoms with van der Waals surface area (Å²) in [5.41, 5.74) is 2.38. The van der Waals surface area contributed by atoms with Crippen LogP contribution in [-0.4, -0.2) is 46.7 Å². The molecule has 1 aliphatic heterocycles. The molecule has 28 heavy (non-hydrogen) atoms. The highest BCUT2D eigenvalue weighted by atomic mass is 16.5. The highest BCUT2D eigenvalue weighted by molar-refractivity contribution is 6.07. The van der Waals surface area contributed by atoms with E-state index in [2.05, 4.69) is 5.32 Å². The van der Waals surface area contributed by atoms with Crippen LogP contribution in [0.25, 0.3) is 0 Å². The zero-order valence-corrected chi connectivity index (χ0v) is 17.2. The fourth-order valence-corrected chi connectivity index (χ4v) is 4.28. The summed E-state index contributed by atoms with van der Waals surface area (Å²) < 4.78 is 5.84. The van der Waals surface area contributed by atoms with Crippen molar-refractivity contribution in [2.24, 2.45) is 0 Å². The maximum Gasteiger partial charge on any atom is 0.325 e. The molecule has 3 rings (SSSR count). The Morgan fingerprint density at radius 2 is 1.68 bits per heavy atom. The van der Waals surface area contributed by atoms with Crippen molar-refractivity contribution in [2.75, 3.05) is 13.2 Å². The van der Waals surface area contributed by atoms with Crippen molar-refractivity contribution in [2.45, 2.75) is 77.4 Å². The number of imide groups is 1. The standard InChI is InChI=1S/C22H32N2O4/c1-15-9-10-16(2)19(17(15)3)28-14-18(25)13-24-20(26)22(23-21(24)27)11-7-5-4-6-8-12-22/h9-10,18,25H,4-8,11-14H2,1-3H3,(H,23,27). The number of hydrogen-bond donors (Lipinski definition) is 2. The number of nitrogens with one attached hydrogen (secondary N) is 1. The molecule has 1 aromatic rings. The van der Waals surface area contributed by atoms with Gasteiger partial charge in [-0.25, -0.2) is 4.79 Å². The number of carbonyl (C=O) groups is 2. The Bertz CT molecular complexity index is 738. The first-order chi connectivity index (χ1) is 13.3. The molecule has 1 heterocycles. The van der Waals surface area contributed by atoms with Gasteiger partial charge in [-0.2, -0.15) is 0 Å². The van der Waals surface area contributed by atoms with Crippen LogP contribution < -0.4 is 10.1 Å². The number of benzene rings is 1. The summed E-state index contributed by atoms with van der Waals surface area (Å²) in [4.78, 5) is 26.6. The number of aliphatic hydroxyl groups is 1. The summed E-state index contributed by atoms with van der Waals surface area (Å²) in [6.07, 6.45) is 5.69. The molecule has 1 aliphatic carbocycles. The Labute approximate surface area is 167 Å². The van der Waals surface area contributed by atoms with Gasteiger partial charge in [0.05, 0.1) is 6.54 Å². The minimum atomic E-state index is -0.933. The second kappa shape index (κ2) is 8.52. The molecule has 1 spiro atoms. The number of ether oxygens (including phenoxy) is 1. The molecule has 6 nitrogen and oxygen atoms in total. The molecule has 1 saturated heterocycles. The number of nitrogens with zero attached hydrogens (tertiary/aromatic N) is 1. The topological polar surface area (TPSA) is 78.9 Å². The second-order valence-electron chi connectivity index (χ2n) is 8.31. The van der Waals surface area contributed by atoms with Gasteiger partial charge >= 0.3 is 6.03 Å². The molecule has 1 unspecified atom stereocenters. The molecule has 2 N–H and O–H groups in total. The molecule has 1 atom stereocenters. The van der Waals surface area contributed by atoms with Gasteiger partial charge in [0, 0.05) is 0 Å². The summed E-state index contributed by atoms with van der Waals surface area (Å²) in [6.45, 7) is 5.95. The quantitative estimate of drug-likeness (QED) is 0.758. The van der Waals surface area contributed by atoms with Gasteiger partial charge in [0.2, 0.25) is 0 Å². The zero-order chi connectivity index (χ0) is 20.3. The Hall–Kier alpha value is -2.08. The van der Waals surface area contributed by atoms with Crippen LogP contribution in [-0.2, 0) is 4.79 Å². The Morgan fingerprint density at radius 3 is 2.36 bits per heavy atom. The first kappa shape index (κ1) is 20.6. The molecule has 1 aromatic carbocycles. The number of amides is 3. The van der Waals surface area contributed by atoms with Crippen LogP contribution in [0.5, 0.6) is 5.75 Å².